The molecule has 0 aromatic carbocycles. The zero-order valence-electron chi connectivity index (χ0n) is 11.2. The van der Waals surface area contributed by atoms with Crippen molar-refractivity contribution in [2.75, 3.05) is 6.54 Å². The third-order valence-electron chi connectivity index (χ3n) is 2.48. The lowest BCUT2D eigenvalue weighted by atomic mass is 9.97. The molecule has 1 rings (SSSR count). The minimum Gasteiger partial charge on any atom is -0.444 e. The molecule has 5 heteroatoms. The monoisotopic (exact) mass is 242 g/mol. The van der Waals surface area contributed by atoms with Crippen molar-refractivity contribution in [3.05, 3.63) is 0 Å². The molecule has 0 aromatic heterocycles. The Bertz CT molecular complexity index is 318. The number of rotatable bonds is 2. The van der Waals surface area contributed by atoms with Crippen LogP contribution < -0.4 is 10.6 Å². The predicted molar refractivity (Wildman–Crippen MR) is 64.6 cm³/mol. The second-order valence-electron chi connectivity index (χ2n) is 6.16. The topological polar surface area (TPSA) is 67.4 Å². The van der Waals surface area contributed by atoms with E-state index >= 15 is 0 Å². The van der Waals surface area contributed by atoms with Crippen LogP contribution in [0.3, 0.4) is 0 Å². The van der Waals surface area contributed by atoms with Crippen molar-refractivity contribution in [2.45, 2.75) is 52.2 Å². The molecule has 2 amide bonds. The highest BCUT2D eigenvalue weighted by Crippen LogP contribution is 2.23. The molecule has 1 unspecified atom stereocenters. The maximum absolute atomic E-state index is 11.6. The Morgan fingerprint density at radius 2 is 2.12 bits per heavy atom. The van der Waals surface area contributed by atoms with E-state index in [-0.39, 0.29) is 17.4 Å². The van der Waals surface area contributed by atoms with Gasteiger partial charge in [-0.25, -0.2) is 4.79 Å². The van der Waals surface area contributed by atoms with Crippen molar-refractivity contribution >= 4 is 12.0 Å². The largest absolute Gasteiger partial charge is 0.444 e. The van der Waals surface area contributed by atoms with Crippen LogP contribution in [-0.4, -0.2) is 29.7 Å². The summed E-state index contributed by atoms with van der Waals surface area (Å²) in [5.41, 5.74) is -0.696. The normalized spacial score (nSPS) is 23.1. The number of hydrogen-bond acceptors (Lipinski definition) is 3. The summed E-state index contributed by atoms with van der Waals surface area (Å²) in [4.78, 5) is 23.0. The van der Waals surface area contributed by atoms with E-state index < -0.39 is 11.7 Å². The van der Waals surface area contributed by atoms with Gasteiger partial charge in [-0.05, 0) is 41.0 Å². The van der Waals surface area contributed by atoms with Gasteiger partial charge in [-0.2, -0.15) is 0 Å². The standard InChI is InChI=1S/C12H22N2O3/c1-11(2,3)17-10(16)13-7-8-6-12(4,5)14-9(8)15/h8H,6-7H2,1-5H3,(H,13,16)(H,14,15). The lowest BCUT2D eigenvalue weighted by Crippen LogP contribution is -2.37. The first kappa shape index (κ1) is 13.8. The second kappa shape index (κ2) is 4.55. The quantitative estimate of drug-likeness (QED) is 0.769. The van der Waals surface area contributed by atoms with Crippen LogP contribution in [0.4, 0.5) is 4.79 Å². The summed E-state index contributed by atoms with van der Waals surface area (Å²) in [5.74, 6) is -0.177. The number of alkyl carbamates (subject to hydrolysis) is 1. The number of ether oxygens (including phenoxy) is 1. The van der Waals surface area contributed by atoms with Crippen LogP contribution in [0.25, 0.3) is 0 Å². The third kappa shape index (κ3) is 4.63. The smallest absolute Gasteiger partial charge is 0.407 e. The summed E-state index contributed by atoms with van der Waals surface area (Å²) in [7, 11) is 0. The van der Waals surface area contributed by atoms with Crippen LogP contribution in [-0.2, 0) is 9.53 Å². The van der Waals surface area contributed by atoms with Crippen molar-refractivity contribution in [2.24, 2.45) is 5.92 Å². The molecule has 2 N–H and O–H groups in total. The molecule has 1 aliphatic heterocycles. The summed E-state index contributed by atoms with van der Waals surface area (Å²) in [6, 6.07) is 0. The molecule has 1 aliphatic rings. The molecule has 1 heterocycles. The van der Waals surface area contributed by atoms with Gasteiger partial charge in [-0.3, -0.25) is 4.79 Å². The molecule has 17 heavy (non-hydrogen) atoms. The van der Waals surface area contributed by atoms with Crippen molar-refractivity contribution < 1.29 is 14.3 Å². The maximum atomic E-state index is 11.6. The van der Waals surface area contributed by atoms with Gasteiger partial charge in [0.05, 0.1) is 5.92 Å². The van der Waals surface area contributed by atoms with Crippen LogP contribution in [0.1, 0.15) is 41.0 Å². The van der Waals surface area contributed by atoms with Gasteiger partial charge in [-0.1, -0.05) is 0 Å². The average molecular weight is 242 g/mol. The molecule has 1 saturated heterocycles. The van der Waals surface area contributed by atoms with Crippen molar-refractivity contribution in [1.82, 2.24) is 10.6 Å². The molecule has 0 spiro atoms. The molecule has 0 aromatic rings. The van der Waals surface area contributed by atoms with Gasteiger partial charge < -0.3 is 15.4 Å². The van der Waals surface area contributed by atoms with E-state index in [4.69, 9.17) is 4.74 Å². The van der Waals surface area contributed by atoms with Gasteiger partial charge in [-0.15, -0.1) is 0 Å². The number of nitrogens with one attached hydrogen (secondary N) is 2. The highest BCUT2D eigenvalue weighted by molar-refractivity contribution is 5.82. The molecule has 1 fully saturated rings. The Hall–Kier alpha value is -1.26. The Morgan fingerprint density at radius 3 is 2.53 bits per heavy atom. The number of carbonyl (C=O) groups is 2. The summed E-state index contributed by atoms with van der Waals surface area (Å²) in [5, 5.41) is 5.51. The van der Waals surface area contributed by atoms with Crippen LogP contribution in [0.2, 0.25) is 0 Å². The number of carbonyl (C=O) groups excluding carboxylic acids is 2. The van der Waals surface area contributed by atoms with Crippen LogP contribution in [0.15, 0.2) is 0 Å². The number of hydrogen-bond donors (Lipinski definition) is 2. The lowest BCUT2D eigenvalue weighted by Gasteiger charge is -2.20. The van der Waals surface area contributed by atoms with E-state index in [0.717, 1.165) is 6.42 Å². The number of amides is 2. The summed E-state index contributed by atoms with van der Waals surface area (Å²) < 4.78 is 5.10. The van der Waals surface area contributed by atoms with E-state index in [9.17, 15) is 9.59 Å². The highest BCUT2D eigenvalue weighted by Gasteiger charge is 2.37. The molecule has 0 saturated carbocycles. The molecule has 0 radical (unpaired) electrons. The lowest BCUT2D eigenvalue weighted by molar-refractivity contribution is -0.122. The molecule has 0 bridgehead atoms. The first-order chi connectivity index (χ1) is 7.59. The van der Waals surface area contributed by atoms with Crippen molar-refractivity contribution in [3.8, 4) is 0 Å². The van der Waals surface area contributed by atoms with E-state index in [1.54, 1.807) is 20.8 Å². The van der Waals surface area contributed by atoms with Gasteiger partial charge in [0, 0.05) is 12.1 Å². The minimum atomic E-state index is -0.513. The molecule has 1 atom stereocenters. The van der Waals surface area contributed by atoms with Gasteiger partial charge in [0.25, 0.3) is 0 Å². The SMILES string of the molecule is CC1(C)CC(CNC(=O)OC(C)(C)C)C(=O)N1. The zero-order chi connectivity index (χ0) is 13.3. The van der Waals surface area contributed by atoms with E-state index in [1.807, 2.05) is 13.8 Å². The molecule has 98 valence electrons. The fourth-order valence-electron chi connectivity index (χ4n) is 1.88. The zero-order valence-corrected chi connectivity index (χ0v) is 11.2. The van der Waals surface area contributed by atoms with Crippen molar-refractivity contribution in [1.29, 1.82) is 0 Å². The fourth-order valence-corrected chi connectivity index (χ4v) is 1.88. The predicted octanol–water partition coefficient (Wildman–Crippen LogP) is 1.43. The Balaban J connectivity index is 2.37. The van der Waals surface area contributed by atoms with Gasteiger partial charge >= 0.3 is 6.09 Å². The van der Waals surface area contributed by atoms with Crippen molar-refractivity contribution in [3.63, 3.8) is 0 Å². The highest BCUT2D eigenvalue weighted by atomic mass is 16.6. The average Bonchev–Trinajstić information content (AvgIpc) is 2.33. The summed E-state index contributed by atoms with van der Waals surface area (Å²) in [6.45, 7) is 9.68. The molecule has 5 nitrogen and oxygen atoms in total. The summed E-state index contributed by atoms with van der Waals surface area (Å²) >= 11 is 0. The first-order valence-electron chi connectivity index (χ1n) is 5.88. The van der Waals surface area contributed by atoms with E-state index in [0.29, 0.717) is 6.54 Å². The third-order valence-corrected chi connectivity index (χ3v) is 2.48. The molecule has 0 aliphatic carbocycles. The summed E-state index contributed by atoms with van der Waals surface area (Å²) in [6.07, 6.45) is 0.247. The minimum absolute atomic E-state index is 0.00828. The van der Waals surface area contributed by atoms with Crippen LogP contribution in [0, 0.1) is 5.92 Å². The molecular weight excluding hydrogens is 220 g/mol. The van der Waals surface area contributed by atoms with E-state index in [1.165, 1.54) is 0 Å². The first-order valence-corrected chi connectivity index (χ1v) is 5.88. The Morgan fingerprint density at radius 1 is 1.53 bits per heavy atom. The van der Waals surface area contributed by atoms with Crippen LogP contribution >= 0.6 is 0 Å². The molecular formula is C12H22N2O3. The Kier molecular flexibility index (Phi) is 3.69. The van der Waals surface area contributed by atoms with Gasteiger partial charge in [0.15, 0.2) is 0 Å². The fraction of sp³-hybridized carbons (Fsp3) is 0.833. The van der Waals surface area contributed by atoms with Gasteiger partial charge in [0.1, 0.15) is 5.60 Å². The van der Waals surface area contributed by atoms with Gasteiger partial charge in [0.2, 0.25) is 5.91 Å². The Labute approximate surface area is 102 Å². The van der Waals surface area contributed by atoms with Crippen LogP contribution in [0.5, 0.6) is 0 Å². The maximum Gasteiger partial charge on any atom is 0.407 e. The second-order valence-corrected chi connectivity index (χ2v) is 6.16. The van der Waals surface area contributed by atoms with E-state index in [2.05, 4.69) is 10.6 Å².